The minimum absolute atomic E-state index is 0.0214. The molecule has 1 amide bonds. The number of aromatic nitrogens is 4. The van der Waals surface area contributed by atoms with Gasteiger partial charge in [-0.1, -0.05) is 0 Å². The Balaban J connectivity index is 1.74. The topological polar surface area (TPSA) is 104 Å². The van der Waals surface area contributed by atoms with E-state index in [0.717, 1.165) is 11.4 Å². The van der Waals surface area contributed by atoms with Crippen LogP contribution in [0.15, 0.2) is 6.07 Å². The second-order valence-corrected chi connectivity index (χ2v) is 5.38. The van der Waals surface area contributed by atoms with Crippen molar-refractivity contribution in [1.29, 1.82) is 0 Å². The van der Waals surface area contributed by atoms with Crippen molar-refractivity contribution in [2.24, 2.45) is 5.92 Å². The maximum Gasteiger partial charge on any atom is 0.291 e. The first-order valence-corrected chi connectivity index (χ1v) is 6.92. The quantitative estimate of drug-likeness (QED) is 0.673. The molecule has 2 aromatic rings. The highest BCUT2D eigenvalue weighted by Crippen LogP contribution is 2.08. The Morgan fingerprint density at radius 3 is 3.00 bits per heavy atom. The summed E-state index contributed by atoms with van der Waals surface area (Å²) in [6.45, 7) is 5.41. The fourth-order valence-electron chi connectivity index (χ4n) is 2.49. The molecule has 8 heteroatoms. The van der Waals surface area contributed by atoms with Crippen LogP contribution in [0.25, 0.3) is 5.78 Å². The summed E-state index contributed by atoms with van der Waals surface area (Å²) in [5, 5.41) is 19.7. The maximum absolute atomic E-state index is 12.1. The lowest BCUT2D eigenvalue weighted by Crippen LogP contribution is -2.34. The average molecular weight is 290 g/mol. The maximum atomic E-state index is 12.1. The Kier molecular flexibility index (Phi) is 3.56. The Morgan fingerprint density at radius 2 is 2.29 bits per heavy atom. The molecule has 2 aromatic heterocycles. The normalized spacial score (nSPS) is 21.9. The van der Waals surface area contributed by atoms with Gasteiger partial charge in [0.1, 0.15) is 0 Å². The number of carbonyl (C=O) groups is 1. The van der Waals surface area contributed by atoms with E-state index in [0.29, 0.717) is 25.4 Å². The van der Waals surface area contributed by atoms with Crippen molar-refractivity contribution in [3.8, 4) is 0 Å². The molecule has 2 atom stereocenters. The molecule has 2 unspecified atom stereocenters. The van der Waals surface area contributed by atoms with Crippen molar-refractivity contribution in [3.05, 3.63) is 23.3 Å². The summed E-state index contributed by atoms with van der Waals surface area (Å²) >= 11 is 0. The number of amides is 1. The largest absolute Gasteiger partial charge is 0.391 e. The third kappa shape index (κ3) is 2.72. The Labute approximate surface area is 121 Å². The minimum Gasteiger partial charge on any atom is -0.391 e. The van der Waals surface area contributed by atoms with Gasteiger partial charge in [0.25, 0.3) is 11.7 Å². The number of rotatable bonds is 3. The molecule has 0 aromatic carbocycles. The molecule has 3 heterocycles. The summed E-state index contributed by atoms with van der Waals surface area (Å²) in [5.41, 5.74) is 1.71. The number of nitrogens with one attached hydrogen (secondary N) is 2. The zero-order valence-electron chi connectivity index (χ0n) is 12.0. The van der Waals surface area contributed by atoms with Crippen LogP contribution in [-0.2, 0) is 0 Å². The van der Waals surface area contributed by atoms with Crippen LogP contribution >= 0.6 is 0 Å². The molecule has 21 heavy (non-hydrogen) atoms. The van der Waals surface area contributed by atoms with Gasteiger partial charge in [0.2, 0.25) is 5.82 Å². The summed E-state index contributed by atoms with van der Waals surface area (Å²) < 4.78 is 1.55. The smallest absolute Gasteiger partial charge is 0.291 e. The van der Waals surface area contributed by atoms with Gasteiger partial charge in [-0.25, -0.2) is 9.50 Å². The lowest BCUT2D eigenvalue weighted by atomic mass is 10.1. The van der Waals surface area contributed by atoms with Crippen LogP contribution in [0.3, 0.4) is 0 Å². The molecule has 112 valence electrons. The highest BCUT2D eigenvalue weighted by molar-refractivity contribution is 5.90. The second-order valence-electron chi connectivity index (χ2n) is 5.38. The number of hydrogen-bond acceptors (Lipinski definition) is 6. The standard InChI is InChI=1S/C13H18N6O2/c1-7-3-8(2)19-13(16-7)17-11(18-19)12(21)15-5-9-4-14-6-10(9)20/h3,9-10,14,20H,4-6H2,1-2H3,(H,15,21). The molecule has 0 radical (unpaired) electrons. The lowest BCUT2D eigenvalue weighted by Gasteiger charge is -2.12. The van der Waals surface area contributed by atoms with E-state index in [4.69, 9.17) is 0 Å². The molecule has 1 aliphatic rings. The first-order chi connectivity index (χ1) is 10.0. The highest BCUT2D eigenvalue weighted by Gasteiger charge is 2.25. The van der Waals surface area contributed by atoms with Gasteiger partial charge >= 0.3 is 0 Å². The fourth-order valence-corrected chi connectivity index (χ4v) is 2.49. The molecule has 8 nitrogen and oxygen atoms in total. The molecule has 0 saturated carbocycles. The van der Waals surface area contributed by atoms with E-state index in [1.54, 1.807) is 4.52 Å². The van der Waals surface area contributed by atoms with Crippen LogP contribution in [-0.4, -0.2) is 56.3 Å². The number of aliphatic hydroxyl groups is 1. The van der Waals surface area contributed by atoms with Gasteiger partial charge in [0, 0.05) is 36.9 Å². The molecule has 0 bridgehead atoms. The summed E-state index contributed by atoms with van der Waals surface area (Å²) in [6.07, 6.45) is -0.425. The summed E-state index contributed by atoms with van der Waals surface area (Å²) in [4.78, 5) is 20.5. The van der Waals surface area contributed by atoms with E-state index in [2.05, 4.69) is 25.7 Å². The molecule has 3 rings (SSSR count). The predicted octanol–water partition coefficient (Wildman–Crippen LogP) is -0.949. The van der Waals surface area contributed by atoms with Crippen LogP contribution in [0.1, 0.15) is 22.0 Å². The van der Waals surface area contributed by atoms with E-state index in [-0.39, 0.29) is 17.6 Å². The van der Waals surface area contributed by atoms with Gasteiger partial charge < -0.3 is 15.7 Å². The monoisotopic (exact) mass is 290 g/mol. The summed E-state index contributed by atoms with van der Waals surface area (Å²) in [7, 11) is 0. The summed E-state index contributed by atoms with van der Waals surface area (Å²) in [6, 6.07) is 1.88. The van der Waals surface area contributed by atoms with Gasteiger partial charge in [0.15, 0.2) is 0 Å². The van der Waals surface area contributed by atoms with Crippen molar-refractivity contribution in [2.45, 2.75) is 20.0 Å². The van der Waals surface area contributed by atoms with Gasteiger partial charge in [-0.3, -0.25) is 4.79 Å². The number of carbonyl (C=O) groups excluding carboxylic acids is 1. The van der Waals surface area contributed by atoms with Crippen molar-refractivity contribution >= 4 is 11.7 Å². The van der Waals surface area contributed by atoms with Crippen molar-refractivity contribution in [1.82, 2.24) is 30.2 Å². The van der Waals surface area contributed by atoms with Crippen LogP contribution in [0.5, 0.6) is 0 Å². The Morgan fingerprint density at radius 1 is 1.48 bits per heavy atom. The first kappa shape index (κ1) is 13.9. The van der Waals surface area contributed by atoms with Gasteiger partial charge in [0.05, 0.1) is 6.10 Å². The zero-order chi connectivity index (χ0) is 15.0. The first-order valence-electron chi connectivity index (χ1n) is 6.92. The van der Waals surface area contributed by atoms with E-state index in [1.807, 2.05) is 19.9 Å². The van der Waals surface area contributed by atoms with Gasteiger partial charge in [-0.05, 0) is 19.9 Å². The van der Waals surface area contributed by atoms with Crippen LogP contribution in [0.2, 0.25) is 0 Å². The Hall–Kier alpha value is -2.06. The highest BCUT2D eigenvalue weighted by atomic mass is 16.3. The van der Waals surface area contributed by atoms with Crippen LogP contribution < -0.4 is 10.6 Å². The number of nitrogens with zero attached hydrogens (tertiary/aromatic N) is 4. The van der Waals surface area contributed by atoms with Gasteiger partial charge in [-0.2, -0.15) is 4.98 Å². The van der Waals surface area contributed by atoms with Crippen molar-refractivity contribution in [3.63, 3.8) is 0 Å². The Bertz CT molecular complexity index is 683. The number of aryl methyl sites for hydroxylation is 2. The fraction of sp³-hybridized carbons (Fsp3) is 0.538. The summed E-state index contributed by atoms with van der Waals surface area (Å²) in [5.74, 6) is 0.182. The number of fused-ring (bicyclic) bond motifs is 1. The third-order valence-electron chi connectivity index (χ3n) is 3.65. The predicted molar refractivity (Wildman–Crippen MR) is 75.0 cm³/mol. The van der Waals surface area contributed by atoms with Crippen molar-refractivity contribution in [2.75, 3.05) is 19.6 Å². The average Bonchev–Trinajstić information content (AvgIpc) is 3.02. The van der Waals surface area contributed by atoms with E-state index in [1.165, 1.54) is 0 Å². The van der Waals surface area contributed by atoms with Crippen molar-refractivity contribution < 1.29 is 9.90 Å². The minimum atomic E-state index is -0.425. The third-order valence-corrected chi connectivity index (χ3v) is 3.65. The molecule has 1 aliphatic heterocycles. The molecular formula is C13H18N6O2. The molecule has 0 spiro atoms. The molecular weight excluding hydrogens is 272 g/mol. The van der Waals surface area contributed by atoms with Crippen LogP contribution in [0.4, 0.5) is 0 Å². The SMILES string of the molecule is Cc1cc(C)n2nc(C(=O)NCC3CNCC3O)nc2n1. The lowest BCUT2D eigenvalue weighted by molar-refractivity contribution is 0.0917. The number of β-amino-alcohol motifs (C(OH)–C–C–N with tert-alkyl or cyclic N) is 1. The van der Waals surface area contributed by atoms with E-state index >= 15 is 0 Å². The van der Waals surface area contributed by atoms with E-state index in [9.17, 15) is 9.90 Å². The molecule has 3 N–H and O–H groups in total. The molecule has 0 aliphatic carbocycles. The zero-order valence-corrected chi connectivity index (χ0v) is 12.0. The van der Waals surface area contributed by atoms with E-state index < -0.39 is 6.10 Å². The second kappa shape index (κ2) is 5.38. The molecule has 1 fully saturated rings. The molecule has 1 saturated heterocycles. The number of aliphatic hydroxyl groups excluding tert-OH is 1. The van der Waals surface area contributed by atoms with Gasteiger partial charge in [-0.15, -0.1) is 5.10 Å². The van der Waals surface area contributed by atoms with Crippen LogP contribution in [0, 0.1) is 19.8 Å². The number of hydrogen-bond donors (Lipinski definition) is 3.